The van der Waals surface area contributed by atoms with Crippen molar-refractivity contribution in [2.24, 2.45) is 5.73 Å². The van der Waals surface area contributed by atoms with Crippen LogP contribution in [0.3, 0.4) is 0 Å². The fourth-order valence-corrected chi connectivity index (χ4v) is 0.361. The van der Waals surface area contributed by atoms with Gasteiger partial charge in [0.05, 0.1) is 0 Å². The molecule has 0 heterocycles. The van der Waals surface area contributed by atoms with Crippen LogP contribution in [0.1, 0.15) is 6.92 Å². The summed E-state index contributed by atoms with van der Waals surface area (Å²) in [5.74, 6) is -0.428. The maximum absolute atomic E-state index is 10.2. The first-order valence-electron chi connectivity index (χ1n) is 2.31. The van der Waals surface area contributed by atoms with Crippen LogP contribution in [0.15, 0.2) is 24.3 Å². The summed E-state index contributed by atoms with van der Waals surface area (Å²) in [5.41, 5.74) is 5.34. The van der Waals surface area contributed by atoms with Gasteiger partial charge in [0.1, 0.15) is 0 Å². The third-order valence-corrected chi connectivity index (χ3v) is 0.815. The first-order chi connectivity index (χ1) is 3.72. The summed E-state index contributed by atoms with van der Waals surface area (Å²) < 4.78 is 0. The zero-order valence-electron chi connectivity index (χ0n) is 4.85. The molecule has 0 aromatic carbocycles. The molecule has 0 aromatic rings. The van der Waals surface area contributed by atoms with Crippen molar-refractivity contribution in [2.45, 2.75) is 6.92 Å². The van der Waals surface area contributed by atoms with Crippen LogP contribution >= 0.6 is 0 Å². The topological polar surface area (TPSA) is 43.1 Å². The highest BCUT2D eigenvalue weighted by Crippen LogP contribution is 1.90. The predicted octanol–water partition coefficient (Wildman–Crippen LogP) is 0.604. The molecule has 0 bridgehead atoms. The molecule has 0 saturated heterocycles. The van der Waals surface area contributed by atoms with Gasteiger partial charge in [-0.3, -0.25) is 4.79 Å². The average molecular weight is 111 g/mol. The van der Waals surface area contributed by atoms with Crippen LogP contribution in [-0.4, -0.2) is 5.91 Å². The van der Waals surface area contributed by atoms with E-state index in [1.54, 1.807) is 13.0 Å². The Morgan fingerprint density at radius 1 is 1.75 bits per heavy atom. The molecule has 0 radical (unpaired) electrons. The van der Waals surface area contributed by atoms with E-state index in [0.717, 1.165) is 0 Å². The number of rotatable bonds is 2. The Kier molecular flexibility index (Phi) is 2.62. The number of primary amides is 1. The third kappa shape index (κ3) is 1.60. The van der Waals surface area contributed by atoms with Crippen molar-refractivity contribution in [1.29, 1.82) is 0 Å². The standard InChI is InChI=1S/C6H9NO/c1-3-5(4-2)6(7)8/h3-4H,1H2,2H3,(H2,7,8)/b5-4-. The van der Waals surface area contributed by atoms with Crippen LogP contribution in [0.2, 0.25) is 0 Å². The molecule has 0 spiro atoms. The zero-order chi connectivity index (χ0) is 6.57. The lowest BCUT2D eigenvalue weighted by Crippen LogP contribution is -2.11. The molecule has 0 saturated carbocycles. The van der Waals surface area contributed by atoms with Gasteiger partial charge in [-0.2, -0.15) is 0 Å². The summed E-state index contributed by atoms with van der Waals surface area (Å²) in [4.78, 5) is 10.2. The van der Waals surface area contributed by atoms with Crippen molar-refractivity contribution >= 4 is 5.91 Å². The van der Waals surface area contributed by atoms with Crippen LogP contribution in [0.4, 0.5) is 0 Å². The van der Waals surface area contributed by atoms with Gasteiger partial charge in [-0.05, 0) is 6.92 Å². The lowest BCUT2D eigenvalue weighted by atomic mass is 10.2. The minimum atomic E-state index is -0.428. The Morgan fingerprint density at radius 2 is 2.25 bits per heavy atom. The van der Waals surface area contributed by atoms with E-state index in [-0.39, 0.29) is 0 Å². The molecule has 0 fully saturated rings. The summed E-state index contributed by atoms with van der Waals surface area (Å²) in [6.07, 6.45) is 3.05. The average Bonchev–Trinajstić information content (AvgIpc) is 1.69. The number of hydrogen-bond acceptors (Lipinski definition) is 1. The Morgan fingerprint density at radius 3 is 2.25 bits per heavy atom. The molecule has 0 aliphatic heterocycles. The number of allylic oxidation sites excluding steroid dienone is 1. The van der Waals surface area contributed by atoms with Gasteiger partial charge in [0.2, 0.25) is 5.91 Å². The van der Waals surface area contributed by atoms with Crippen molar-refractivity contribution in [1.82, 2.24) is 0 Å². The molecular weight excluding hydrogens is 102 g/mol. The van der Waals surface area contributed by atoms with Crippen LogP contribution in [0.25, 0.3) is 0 Å². The fraction of sp³-hybridized carbons (Fsp3) is 0.167. The van der Waals surface area contributed by atoms with Crippen LogP contribution in [0, 0.1) is 0 Å². The van der Waals surface area contributed by atoms with E-state index in [1.807, 2.05) is 0 Å². The van der Waals surface area contributed by atoms with Crippen molar-refractivity contribution in [3.8, 4) is 0 Å². The number of nitrogens with two attached hydrogens (primary N) is 1. The monoisotopic (exact) mass is 111 g/mol. The number of hydrogen-bond donors (Lipinski definition) is 1. The molecule has 0 aliphatic carbocycles. The van der Waals surface area contributed by atoms with E-state index < -0.39 is 5.91 Å². The highest BCUT2D eigenvalue weighted by Gasteiger charge is 1.93. The van der Waals surface area contributed by atoms with Crippen LogP contribution < -0.4 is 5.73 Å². The maximum atomic E-state index is 10.2. The smallest absolute Gasteiger partial charge is 0.248 e. The molecule has 0 atom stereocenters. The maximum Gasteiger partial charge on any atom is 0.248 e. The Labute approximate surface area is 48.7 Å². The molecule has 8 heavy (non-hydrogen) atoms. The quantitative estimate of drug-likeness (QED) is 0.411. The van der Waals surface area contributed by atoms with Crippen molar-refractivity contribution < 1.29 is 4.79 Å². The van der Waals surface area contributed by atoms with E-state index in [0.29, 0.717) is 5.57 Å². The summed E-state index contributed by atoms with van der Waals surface area (Å²) in [6, 6.07) is 0. The summed E-state index contributed by atoms with van der Waals surface area (Å²) in [7, 11) is 0. The minimum Gasteiger partial charge on any atom is -0.366 e. The number of carbonyl (C=O) groups excluding carboxylic acids is 1. The lowest BCUT2D eigenvalue weighted by Gasteiger charge is -1.88. The number of amides is 1. The largest absolute Gasteiger partial charge is 0.366 e. The van der Waals surface area contributed by atoms with Gasteiger partial charge in [0.15, 0.2) is 0 Å². The molecule has 0 aromatic heterocycles. The molecular formula is C6H9NO. The SMILES string of the molecule is C=C/C(=C/C)C(N)=O. The van der Waals surface area contributed by atoms with E-state index in [1.165, 1.54) is 6.08 Å². The Bertz CT molecular complexity index is 135. The second-order valence-corrected chi connectivity index (χ2v) is 1.31. The third-order valence-electron chi connectivity index (χ3n) is 0.815. The van der Waals surface area contributed by atoms with E-state index in [4.69, 9.17) is 5.73 Å². The summed E-state index contributed by atoms with van der Waals surface area (Å²) >= 11 is 0. The molecule has 0 unspecified atom stereocenters. The van der Waals surface area contributed by atoms with Gasteiger partial charge in [0, 0.05) is 5.57 Å². The van der Waals surface area contributed by atoms with Gasteiger partial charge >= 0.3 is 0 Å². The molecule has 0 rings (SSSR count). The van der Waals surface area contributed by atoms with Gasteiger partial charge in [-0.25, -0.2) is 0 Å². The van der Waals surface area contributed by atoms with Gasteiger partial charge in [-0.15, -0.1) is 0 Å². The van der Waals surface area contributed by atoms with Gasteiger partial charge < -0.3 is 5.73 Å². The summed E-state index contributed by atoms with van der Waals surface area (Å²) in [5, 5.41) is 0. The van der Waals surface area contributed by atoms with E-state index in [2.05, 4.69) is 6.58 Å². The van der Waals surface area contributed by atoms with E-state index >= 15 is 0 Å². The van der Waals surface area contributed by atoms with Gasteiger partial charge in [0.25, 0.3) is 0 Å². The first-order valence-corrected chi connectivity index (χ1v) is 2.31. The Balaban J connectivity index is 4.13. The summed E-state index contributed by atoms with van der Waals surface area (Å²) in [6.45, 7) is 5.12. The van der Waals surface area contributed by atoms with E-state index in [9.17, 15) is 4.79 Å². The molecule has 44 valence electrons. The fourth-order valence-electron chi connectivity index (χ4n) is 0.361. The van der Waals surface area contributed by atoms with Crippen LogP contribution in [0.5, 0.6) is 0 Å². The molecule has 0 aliphatic rings. The minimum absolute atomic E-state index is 0.428. The zero-order valence-corrected chi connectivity index (χ0v) is 4.85. The Hall–Kier alpha value is -1.05. The molecule has 2 nitrogen and oxygen atoms in total. The molecule has 2 N–H and O–H groups in total. The van der Waals surface area contributed by atoms with Crippen LogP contribution in [-0.2, 0) is 4.79 Å². The first kappa shape index (κ1) is 6.95. The molecule has 1 amide bonds. The number of carbonyl (C=O) groups is 1. The van der Waals surface area contributed by atoms with Gasteiger partial charge in [-0.1, -0.05) is 18.7 Å². The van der Waals surface area contributed by atoms with Crippen molar-refractivity contribution in [3.05, 3.63) is 24.3 Å². The highest BCUT2D eigenvalue weighted by molar-refractivity contribution is 5.94. The second-order valence-electron chi connectivity index (χ2n) is 1.31. The predicted molar refractivity (Wildman–Crippen MR) is 33.1 cm³/mol. The lowest BCUT2D eigenvalue weighted by molar-refractivity contribution is -0.114. The van der Waals surface area contributed by atoms with Crippen molar-refractivity contribution in [3.63, 3.8) is 0 Å². The highest BCUT2D eigenvalue weighted by atomic mass is 16.1. The normalized spacial score (nSPS) is 10.9. The molecule has 2 heteroatoms. The second kappa shape index (κ2) is 3.02. The van der Waals surface area contributed by atoms with Crippen molar-refractivity contribution in [2.75, 3.05) is 0 Å².